The zero-order valence-electron chi connectivity index (χ0n) is 14.4. The average molecular weight is 450 g/mol. The molecule has 0 spiro atoms. The Morgan fingerprint density at radius 3 is 2.61 bits per heavy atom. The first kappa shape index (κ1) is 17.2. The van der Waals surface area contributed by atoms with Gasteiger partial charge in [-0.25, -0.2) is 4.98 Å². The molecule has 3 aromatic carbocycles. The van der Waals surface area contributed by atoms with Crippen molar-refractivity contribution in [2.75, 3.05) is 0 Å². The van der Waals surface area contributed by atoms with Crippen LogP contribution in [0.15, 0.2) is 85.9 Å². The summed E-state index contributed by atoms with van der Waals surface area (Å²) in [7, 11) is 0. The third-order valence-electron chi connectivity index (χ3n) is 4.32. The lowest BCUT2D eigenvalue weighted by molar-refractivity contribution is 0.482. The second-order valence-corrected chi connectivity index (χ2v) is 8.45. The molecule has 0 saturated carbocycles. The highest BCUT2D eigenvalue weighted by atomic mass is 79.9. The van der Waals surface area contributed by atoms with Crippen molar-refractivity contribution in [3.8, 4) is 22.8 Å². The fourth-order valence-electron chi connectivity index (χ4n) is 3.08. The van der Waals surface area contributed by atoms with Crippen LogP contribution < -0.4 is 10.2 Å². The van der Waals surface area contributed by atoms with Crippen molar-refractivity contribution >= 4 is 48.5 Å². The minimum atomic E-state index is -0.0904. The maximum atomic E-state index is 12.8. The number of thiazole rings is 1. The molecule has 0 bridgehead atoms. The highest BCUT2D eigenvalue weighted by Crippen LogP contribution is 2.33. The number of benzene rings is 3. The van der Waals surface area contributed by atoms with Gasteiger partial charge in [-0.3, -0.25) is 4.79 Å². The highest BCUT2D eigenvalue weighted by Gasteiger charge is 2.13. The first-order chi connectivity index (χ1) is 13.7. The van der Waals surface area contributed by atoms with E-state index in [1.807, 2.05) is 60.7 Å². The molecule has 5 rings (SSSR count). The first-order valence-electron chi connectivity index (χ1n) is 8.54. The van der Waals surface area contributed by atoms with E-state index in [2.05, 4.69) is 20.9 Å². The largest absolute Gasteiger partial charge is 0.457 e. The van der Waals surface area contributed by atoms with E-state index in [1.165, 1.54) is 17.4 Å². The number of halogens is 1. The molecule has 28 heavy (non-hydrogen) atoms. The Balaban J connectivity index is 1.60. The van der Waals surface area contributed by atoms with Crippen LogP contribution in [-0.4, -0.2) is 4.98 Å². The average Bonchev–Trinajstić information content (AvgIpc) is 3.09. The Labute approximate surface area is 172 Å². The minimum absolute atomic E-state index is 0.0904. The van der Waals surface area contributed by atoms with Gasteiger partial charge in [-0.2, -0.15) is 0 Å². The van der Waals surface area contributed by atoms with Crippen molar-refractivity contribution < 1.29 is 9.15 Å². The number of rotatable bonds is 3. The summed E-state index contributed by atoms with van der Waals surface area (Å²) in [6.07, 6.45) is 0. The van der Waals surface area contributed by atoms with Crippen molar-refractivity contribution in [2.45, 2.75) is 0 Å². The normalized spacial score (nSPS) is 11.2. The standard InChI is InChI=1S/C22H12BrNO3S/c23-22-24-16-9-10-18-20(21(16)28-22)17(25)12-19(27-18)13-5-4-8-15(11-13)26-14-6-2-1-3-7-14/h1-12H. The Hall–Kier alpha value is -2.96. The van der Waals surface area contributed by atoms with Crippen molar-refractivity contribution in [3.63, 3.8) is 0 Å². The molecule has 0 radical (unpaired) electrons. The summed E-state index contributed by atoms with van der Waals surface area (Å²) in [5.41, 5.74) is 2.01. The smallest absolute Gasteiger partial charge is 0.194 e. The molecule has 5 aromatic rings. The molecular weight excluding hydrogens is 438 g/mol. The molecule has 0 saturated heterocycles. The minimum Gasteiger partial charge on any atom is -0.457 e. The molecule has 0 unspecified atom stereocenters. The van der Waals surface area contributed by atoms with E-state index in [1.54, 1.807) is 6.07 Å². The molecule has 0 aliphatic rings. The van der Waals surface area contributed by atoms with Crippen molar-refractivity contribution in [3.05, 3.63) is 86.9 Å². The third kappa shape index (κ3) is 3.10. The number of para-hydroxylation sites is 1. The van der Waals surface area contributed by atoms with E-state index in [9.17, 15) is 4.79 Å². The van der Waals surface area contributed by atoms with Crippen molar-refractivity contribution in [1.29, 1.82) is 0 Å². The summed E-state index contributed by atoms with van der Waals surface area (Å²) in [5, 5.41) is 0.557. The van der Waals surface area contributed by atoms with Crippen LogP contribution in [-0.2, 0) is 0 Å². The molecule has 0 N–H and O–H groups in total. The van der Waals surface area contributed by atoms with E-state index in [0.717, 1.165) is 25.4 Å². The van der Waals surface area contributed by atoms with Crippen LogP contribution >= 0.6 is 27.3 Å². The van der Waals surface area contributed by atoms with Gasteiger partial charge in [0.15, 0.2) is 9.35 Å². The van der Waals surface area contributed by atoms with Gasteiger partial charge in [-0.05, 0) is 52.3 Å². The first-order valence-corrected chi connectivity index (χ1v) is 10.1. The van der Waals surface area contributed by atoms with Gasteiger partial charge in [-0.1, -0.05) is 30.3 Å². The van der Waals surface area contributed by atoms with Gasteiger partial charge in [-0.15, -0.1) is 11.3 Å². The van der Waals surface area contributed by atoms with Crippen LogP contribution in [0.25, 0.3) is 32.5 Å². The van der Waals surface area contributed by atoms with E-state index in [-0.39, 0.29) is 5.43 Å². The maximum Gasteiger partial charge on any atom is 0.194 e. The zero-order valence-corrected chi connectivity index (χ0v) is 16.8. The van der Waals surface area contributed by atoms with Gasteiger partial charge in [0.2, 0.25) is 0 Å². The van der Waals surface area contributed by atoms with Gasteiger partial charge >= 0.3 is 0 Å². The molecule has 0 amide bonds. The van der Waals surface area contributed by atoms with Gasteiger partial charge in [0.25, 0.3) is 0 Å². The van der Waals surface area contributed by atoms with E-state index >= 15 is 0 Å². The number of hydrogen-bond acceptors (Lipinski definition) is 5. The summed E-state index contributed by atoms with van der Waals surface area (Å²) >= 11 is 4.81. The molecule has 0 atom stereocenters. The number of aromatic nitrogens is 1. The van der Waals surface area contributed by atoms with Crippen LogP contribution in [0, 0.1) is 0 Å². The molecular formula is C22H12BrNO3S. The topological polar surface area (TPSA) is 52.3 Å². The van der Waals surface area contributed by atoms with E-state index in [4.69, 9.17) is 9.15 Å². The van der Waals surface area contributed by atoms with E-state index < -0.39 is 0 Å². The van der Waals surface area contributed by atoms with Gasteiger partial charge < -0.3 is 9.15 Å². The molecule has 2 aromatic heterocycles. The predicted octanol–water partition coefficient (Wildman–Crippen LogP) is 6.62. The second kappa shape index (κ2) is 6.89. The lowest BCUT2D eigenvalue weighted by Crippen LogP contribution is -2.00. The Kier molecular flexibility index (Phi) is 4.22. The Bertz CT molecular complexity index is 1380. The second-order valence-electron chi connectivity index (χ2n) is 6.17. The molecule has 0 aliphatic carbocycles. The Morgan fingerprint density at radius 1 is 0.929 bits per heavy atom. The fourth-order valence-corrected chi connectivity index (χ4v) is 4.59. The van der Waals surface area contributed by atoms with Gasteiger partial charge in [0.05, 0.1) is 15.6 Å². The number of fused-ring (bicyclic) bond motifs is 3. The summed E-state index contributed by atoms with van der Waals surface area (Å²) in [5.74, 6) is 1.92. The van der Waals surface area contributed by atoms with E-state index in [0.29, 0.717) is 22.5 Å². The molecule has 136 valence electrons. The fraction of sp³-hybridized carbons (Fsp3) is 0. The number of ether oxygens (including phenoxy) is 1. The van der Waals surface area contributed by atoms with Crippen LogP contribution in [0.5, 0.6) is 11.5 Å². The summed E-state index contributed by atoms with van der Waals surface area (Å²) in [4.78, 5) is 17.2. The van der Waals surface area contributed by atoms with Crippen LogP contribution in [0.4, 0.5) is 0 Å². The van der Waals surface area contributed by atoms with Crippen molar-refractivity contribution in [1.82, 2.24) is 4.98 Å². The SMILES string of the molecule is O=c1cc(-c2cccc(Oc3ccccc3)c2)oc2ccc3nc(Br)sc3c12. The lowest BCUT2D eigenvalue weighted by atomic mass is 10.1. The number of nitrogens with zero attached hydrogens (tertiary/aromatic N) is 1. The van der Waals surface area contributed by atoms with Crippen LogP contribution in [0.1, 0.15) is 0 Å². The van der Waals surface area contributed by atoms with Crippen LogP contribution in [0.2, 0.25) is 0 Å². The highest BCUT2D eigenvalue weighted by molar-refractivity contribution is 9.11. The molecule has 4 nitrogen and oxygen atoms in total. The number of hydrogen-bond donors (Lipinski definition) is 0. The third-order valence-corrected chi connectivity index (χ3v) is 5.86. The lowest BCUT2D eigenvalue weighted by Gasteiger charge is -2.08. The molecule has 0 fully saturated rings. The summed E-state index contributed by atoms with van der Waals surface area (Å²) in [6, 6.07) is 22.2. The maximum absolute atomic E-state index is 12.8. The molecule has 2 heterocycles. The van der Waals surface area contributed by atoms with Crippen LogP contribution in [0.3, 0.4) is 0 Å². The predicted molar refractivity (Wildman–Crippen MR) is 115 cm³/mol. The van der Waals surface area contributed by atoms with Crippen molar-refractivity contribution in [2.24, 2.45) is 0 Å². The Morgan fingerprint density at radius 2 is 1.75 bits per heavy atom. The monoisotopic (exact) mass is 449 g/mol. The molecule has 6 heteroatoms. The quantitative estimate of drug-likeness (QED) is 0.310. The zero-order chi connectivity index (χ0) is 19.1. The summed E-state index contributed by atoms with van der Waals surface area (Å²) < 4.78 is 13.5. The van der Waals surface area contributed by atoms with Gasteiger partial charge in [0, 0.05) is 11.6 Å². The van der Waals surface area contributed by atoms with Gasteiger partial charge in [0.1, 0.15) is 22.8 Å². The molecule has 0 aliphatic heterocycles. The summed E-state index contributed by atoms with van der Waals surface area (Å²) in [6.45, 7) is 0.